The molecule has 0 heterocycles. The molecule has 0 aliphatic heterocycles. The van der Waals surface area contributed by atoms with E-state index in [4.69, 9.17) is 5.26 Å². The fraction of sp³-hybridized carbons (Fsp3) is 0. The summed E-state index contributed by atoms with van der Waals surface area (Å²) in [6.07, 6.45) is 0. The third-order valence-corrected chi connectivity index (χ3v) is 0.150. The molecule has 0 aromatic heterocycles. The van der Waals surface area contributed by atoms with E-state index >= 15 is 0 Å². The van der Waals surface area contributed by atoms with E-state index in [2.05, 4.69) is 8.70 Å². The maximum atomic E-state index is 7.44. The van der Waals surface area contributed by atoms with Crippen LogP contribution in [0, 0.1) is 17.0 Å². The van der Waals surface area contributed by atoms with Gasteiger partial charge in [-0.1, -0.05) is 0 Å². The van der Waals surface area contributed by atoms with Gasteiger partial charge in [-0.15, -0.1) is 0 Å². The van der Waals surface area contributed by atoms with Crippen LogP contribution in [0.2, 0.25) is 0 Å². The summed E-state index contributed by atoms with van der Waals surface area (Å²) in [5.74, 6) is 0. The first kappa shape index (κ1) is 3.70. The number of nitriles is 1. The number of hydrogen-bond donors (Lipinski definition) is 0. The molecule has 18 valence electrons. The van der Waals surface area contributed by atoms with Crippen molar-refractivity contribution < 1.29 is 0 Å². The Hall–Kier alpha value is -0.300. The Bertz CT molecular complexity index is 61.0. The Morgan fingerprint density at radius 2 is 2.00 bits per heavy atom. The van der Waals surface area contributed by atoms with Gasteiger partial charge in [0.15, 0.2) is 0 Å². The molecular formula is C2NP. The molecule has 0 bridgehead atoms. The van der Waals surface area contributed by atoms with Crippen LogP contribution in [-0.4, -0.2) is 0 Å². The van der Waals surface area contributed by atoms with Gasteiger partial charge in [-0.25, -0.2) is 0 Å². The van der Waals surface area contributed by atoms with Crippen LogP contribution < -0.4 is 0 Å². The molecule has 0 unspecified atom stereocenters. The van der Waals surface area contributed by atoms with E-state index in [1.165, 1.54) is 0 Å². The fourth-order valence-corrected chi connectivity index (χ4v) is 0. The molecule has 0 saturated heterocycles. The minimum atomic E-state index is 1.54. The van der Waals surface area contributed by atoms with E-state index in [1.54, 1.807) is 6.07 Å². The molecule has 0 saturated carbocycles. The zero-order valence-electron chi connectivity index (χ0n) is 1.89. The summed E-state index contributed by atoms with van der Waals surface area (Å²) in [5, 5.41) is 7.44. The van der Waals surface area contributed by atoms with Crippen LogP contribution >= 0.6 is 8.70 Å². The first-order valence-electron chi connectivity index (χ1n) is 0.697. The molecule has 0 amide bonds. The second-order valence-electron chi connectivity index (χ2n) is 0.224. The number of hydrogen-bond acceptors (Lipinski definition) is 1. The normalized spacial score (nSPS) is 2.50. The molecular weight excluding hydrogens is 70.0 g/mol. The summed E-state index contributed by atoms with van der Waals surface area (Å²) in [5.41, 5.74) is 1.93. The van der Waals surface area contributed by atoms with Gasteiger partial charge in [-0.2, -0.15) is 0 Å². The standard InChI is InChI=1S/C2NP/c3-1-2-4/i2+1. The van der Waals surface area contributed by atoms with Gasteiger partial charge in [0.25, 0.3) is 0 Å². The second-order valence-corrected chi connectivity index (χ2v) is 0.447. The van der Waals surface area contributed by atoms with Gasteiger partial charge >= 0.3 is 25.7 Å². The van der Waals surface area contributed by atoms with Crippen molar-refractivity contribution in [2.24, 2.45) is 0 Å². The Morgan fingerprint density at radius 3 is 2.00 bits per heavy atom. The third-order valence-electron chi connectivity index (χ3n) is 0.0500. The van der Waals surface area contributed by atoms with Crippen LogP contribution in [-0.2, 0) is 0 Å². The second kappa shape index (κ2) is 2.70. The molecule has 2 heteroatoms. The average Bonchev–Trinajstić information content (AvgIpc) is 1.37. The molecule has 0 aromatic carbocycles. The van der Waals surface area contributed by atoms with Crippen molar-refractivity contribution in [2.75, 3.05) is 0 Å². The molecule has 4 heavy (non-hydrogen) atoms. The molecule has 0 aromatic rings. The molecule has 0 rings (SSSR count). The summed E-state index contributed by atoms with van der Waals surface area (Å²) in [6.45, 7) is 0. The summed E-state index contributed by atoms with van der Waals surface area (Å²) in [7, 11) is 3.31. The number of nitrogens with zero attached hydrogens (tertiary/aromatic N) is 1. The van der Waals surface area contributed by atoms with Crippen molar-refractivity contribution >= 4 is 8.70 Å². The molecule has 0 radical (unpaired) electrons. The zero-order valence-corrected chi connectivity index (χ0v) is 2.79. The van der Waals surface area contributed by atoms with Crippen LogP contribution in [0.5, 0.6) is 0 Å². The Balaban J connectivity index is 3.14. The van der Waals surface area contributed by atoms with E-state index < -0.39 is 0 Å². The zero-order chi connectivity index (χ0) is 3.41. The summed E-state index contributed by atoms with van der Waals surface area (Å²) >= 11 is 0. The molecule has 1 nitrogen and oxygen atoms in total. The van der Waals surface area contributed by atoms with Gasteiger partial charge in [-0.05, 0) is 0 Å². The van der Waals surface area contributed by atoms with Crippen LogP contribution in [0.4, 0.5) is 0 Å². The van der Waals surface area contributed by atoms with Crippen molar-refractivity contribution in [1.82, 2.24) is 0 Å². The van der Waals surface area contributed by atoms with Gasteiger partial charge in [-0.3, -0.25) is 0 Å². The van der Waals surface area contributed by atoms with E-state index in [1.807, 2.05) is 5.63 Å². The summed E-state index contributed by atoms with van der Waals surface area (Å²) in [6, 6.07) is 1.54. The van der Waals surface area contributed by atoms with Crippen molar-refractivity contribution in [3.05, 3.63) is 0 Å². The van der Waals surface area contributed by atoms with E-state index in [9.17, 15) is 0 Å². The van der Waals surface area contributed by atoms with Crippen LogP contribution in [0.3, 0.4) is 0 Å². The summed E-state index contributed by atoms with van der Waals surface area (Å²) < 4.78 is 0. The average molecular weight is 70.0 g/mol. The van der Waals surface area contributed by atoms with Crippen molar-refractivity contribution in [3.63, 3.8) is 0 Å². The first-order valence-corrected chi connectivity index (χ1v) is 1.14. The van der Waals surface area contributed by atoms with E-state index in [0.717, 1.165) is 0 Å². The topological polar surface area (TPSA) is 23.8 Å². The number of rotatable bonds is 0. The Morgan fingerprint density at radius 1 is 1.75 bits per heavy atom. The maximum absolute atomic E-state index is 7.44. The Labute approximate surface area is 26.7 Å². The SMILES string of the molecule is N#C[13C]#P. The predicted molar refractivity (Wildman–Crippen MR) is 16.4 cm³/mol. The molecule has 0 aliphatic carbocycles. The van der Waals surface area contributed by atoms with Crippen molar-refractivity contribution in [2.45, 2.75) is 0 Å². The monoisotopic (exact) mass is 70.0 g/mol. The molecule has 0 N–H and O–H groups in total. The van der Waals surface area contributed by atoms with E-state index in [-0.39, 0.29) is 0 Å². The van der Waals surface area contributed by atoms with E-state index in [0.29, 0.717) is 0 Å². The van der Waals surface area contributed by atoms with Gasteiger partial charge < -0.3 is 0 Å². The summed E-state index contributed by atoms with van der Waals surface area (Å²) in [4.78, 5) is 0. The van der Waals surface area contributed by atoms with Gasteiger partial charge in [0.1, 0.15) is 0 Å². The van der Waals surface area contributed by atoms with Crippen molar-refractivity contribution in [1.29, 1.82) is 5.26 Å². The van der Waals surface area contributed by atoms with Gasteiger partial charge in [0.2, 0.25) is 0 Å². The molecule has 0 fully saturated rings. The van der Waals surface area contributed by atoms with Gasteiger partial charge in [0.05, 0.1) is 0 Å². The minimum absolute atomic E-state index is 1.54. The third kappa shape index (κ3) is 1.70. The van der Waals surface area contributed by atoms with Crippen molar-refractivity contribution in [3.8, 4) is 11.7 Å². The quantitative estimate of drug-likeness (QED) is 0.306. The Kier molecular flexibility index (Phi) is 2.50. The van der Waals surface area contributed by atoms with Crippen LogP contribution in [0.25, 0.3) is 0 Å². The molecule has 0 aliphatic rings. The van der Waals surface area contributed by atoms with Gasteiger partial charge in [0, 0.05) is 0 Å². The molecule has 0 spiro atoms. The molecule has 0 atom stereocenters. The first-order chi connectivity index (χ1) is 1.91. The van der Waals surface area contributed by atoms with Crippen LogP contribution in [0.15, 0.2) is 0 Å². The fourth-order valence-electron chi connectivity index (χ4n) is 0. The van der Waals surface area contributed by atoms with Crippen LogP contribution in [0.1, 0.15) is 0 Å². The predicted octanol–water partition coefficient (Wildman–Crippen LogP) is 0.880.